The zero-order valence-electron chi connectivity index (χ0n) is 11.1. The van der Waals surface area contributed by atoms with Crippen molar-refractivity contribution in [3.05, 3.63) is 70.8 Å². The number of para-hydroxylation sites is 1. The average Bonchev–Trinajstić information content (AvgIpc) is 2.90. The molecule has 4 nitrogen and oxygen atoms in total. The number of benzene rings is 1. The molecule has 4 heteroatoms. The van der Waals surface area contributed by atoms with Gasteiger partial charge in [0.25, 0.3) is 5.56 Å². The topological polar surface area (TPSA) is 47.2 Å². The monoisotopic (exact) mass is 268 g/mol. The van der Waals surface area contributed by atoms with Gasteiger partial charge in [-0.05, 0) is 17.5 Å². The highest BCUT2D eigenvalue weighted by atomic mass is 16.3. The highest BCUT2D eigenvalue weighted by Crippen LogP contribution is 2.20. The molecule has 0 aliphatic carbocycles. The Kier molecular flexibility index (Phi) is 3.39. The van der Waals surface area contributed by atoms with Crippen molar-refractivity contribution in [2.45, 2.75) is 19.7 Å². The lowest BCUT2D eigenvalue weighted by atomic mass is 10.1. The number of rotatable bonds is 4. The normalized spacial score (nSPS) is 11.1. The van der Waals surface area contributed by atoms with Crippen LogP contribution in [0.1, 0.15) is 5.56 Å². The van der Waals surface area contributed by atoms with Crippen molar-refractivity contribution in [2.24, 2.45) is 0 Å². The Bertz CT molecular complexity index is 786. The van der Waals surface area contributed by atoms with Crippen molar-refractivity contribution in [3.63, 3.8) is 0 Å². The smallest absolute Gasteiger partial charge is 0.250 e. The lowest BCUT2D eigenvalue weighted by molar-refractivity contribution is 0.283. The Labute approximate surface area is 116 Å². The zero-order valence-corrected chi connectivity index (χ0v) is 11.1. The van der Waals surface area contributed by atoms with Crippen LogP contribution in [0.15, 0.2) is 59.7 Å². The van der Waals surface area contributed by atoms with Crippen LogP contribution >= 0.6 is 0 Å². The fraction of sp³-hybridized carbons (Fsp3) is 0.188. The first-order chi connectivity index (χ1) is 9.79. The fourth-order valence-electron chi connectivity index (χ4n) is 2.52. The van der Waals surface area contributed by atoms with Crippen LogP contribution in [-0.2, 0) is 19.7 Å². The van der Waals surface area contributed by atoms with E-state index in [4.69, 9.17) is 0 Å². The number of nitrogens with zero attached hydrogens (tertiary/aromatic N) is 2. The maximum absolute atomic E-state index is 11.7. The summed E-state index contributed by atoms with van der Waals surface area (Å²) in [5.41, 5.74) is 1.96. The Morgan fingerprint density at radius 2 is 1.75 bits per heavy atom. The van der Waals surface area contributed by atoms with E-state index in [1.54, 1.807) is 22.9 Å². The lowest BCUT2D eigenvalue weighted by Crippen LogP contribution is -2.20. The number of aliphatic hydroxyl groups is 1. The highest BCUT2D eigenvalue weighted by molar-refractivity contribution is 5.83. The van der Waals surface area contributed by atoms with Gasteiger partial charge in [0.05, 0.1) is 12.1 Å². The fourth-order valence-corrected chi connectivity index (χ4v) is 2.52. The largest absolute Gasteiger partial charge is 0.392 e. The molecule has 1 aromatic carbocycles. The molecule has 102 valence electrons. The number of fused-ring (bicyclic) bond motifs is 1. The minimum Gasteiger partial charge on any atom is -0.392 e. The minimum atomic E-state index is 0.00587. The summed E-state index contributed by atoms with van der Waals surface area (Å²) >= 11 is 0. The number of aromatic nitrogens is 2. The quantitative estimate of drug-likeness (QED) is 0.786. The van der Waals surface area contributed by atoms with Crippen LogP contribution in [0.5, 0.6) is 0 Å². The van der Waals surface area contributed by atoms with E-state index in [1.165, 1.54) is 0 Å². The van der Waals surface area contributed by atoms with E-state index in [0.717, 1.165) is 16.5 Å². The second kappa shape index (κ2) is 5.35. The molecule has 0 aliphatic heterocycles. The van der Waals surface area contributed by atoms with Gasteiger partial charge >= 0.3 is 0 Å². The van der Waals surface area contributed by atoms with Gasteiger partial charge in [-0.25, -0.2) is 0 Å². The van der Waals surface area contributed by atoms with Gasteiger partial charge in [-0.2, -0.15) is 0 Å². The van der Waals surface area contributed by atoms with Crippen molar-refractivity contribution < 1.29 is 5.11 Å². The molecule has 0 atom stereocenters. The van der Waals surface area contributed by atoms with Crippen molar-refractivity contribution in [3.8, 4) is 0 Å². The van der Waals surface area contributed by atoms with Gasteiger partial charge in [0.1, 0.15) is 0 Å². The highest BCUT2D eigenvalue weighted by Gasteiger charge is 2.06. The molecular weight excluding hydrogens is 252 g/mol. The predicted molar refractivity (Wildman–Crippen MR) is 78.6 cm³/mol. The maximum Gasteiger partial charge on any atom is 0.250 e. The van der Waals surface area contributed by atoms with E-state index in [9.17, 15) is 9.90 Å². The molecule has 2 aromatic heterocycles. The molecule has 1 N–H and O–H groups in total. The van der Waals surface area contributed by atoms with Gasteiger partial charge < -0.3 is 14.2 Å². The standard InChI is InChI=1S/C16H16N2O2/c19-12-14-5-3-4-13-7-9-18(16(13)14)11-10-17-8-2-1-6-15(17)20/h1-9,19H,10-12H2. The Morgan fingerprint density at radius 3 is 2.55 bits per heavy atom. The van der Waals surface area contributed by atoms with Crippen LogP contribution in [-0.4, -0.2) is 14.2 Å². The second-order valence-corrected chi connectivity index (χ2v) is 4.75. The summed E-state index contributed by atoms with van der Waals surface area (Å²) in [6.07, 6.45) is 3.79. The molecule has 0 amide bonds. The van der Waals surface area contributed by atoms with Crippen molar-refractivity contribution in [1.82, 2.24) is 9.13 Å². The summed E-state index contributed by atoms with van der Waals surface area (Å²) in [5, 5.41) is 10.5. The summed E-state index contributed by atoms with van der Waals surface area (Å²) in [6.45, 7) is 1.33. The van der Waals surface area contributed by atoms with Gasteiger partial charge in [0.2, 0.25) is 0 Å². The van der Waals surface area contributed by atoms with E-state index < -0.39 is 0 Å². The summed E-state index contributed by atoms with van der Waals surface area (Å²) in [5.74, 6) is 0. The third-order valence-corrected chi connectivity index (χ3v) is 3.52. The van der Waals surface area contributed by atoms with Crippen LogP contribution in [0.4, 0.5) is 0 Å². The van der Waals surface area contributed by atoms with E-state index in [0.29, 0.717) is 13.1 Å². The predicted octanol–water partition coefficient (Wildman–Crippen LogP) is 2.00. The molecule has 0 saturated carbocycles. The van der Waals surface area contributed by atoms with E-state index in [1.807, 2.05) is 36.5 Å². The molecule has 0 bridgehead atoms. The molecule has 3 aromatic rings. The molecule has 0 unspecified atom stereocenters. The zero-order chi connectivity index (χ0) is 13.9. The number of hydrogen-bond donors (Lipinski definition) is 1. The van der Waals surface area contributed by atoms with Crippen molar-refractivity contribution in [2.75, 3.05) is 0 Å². The molecule has 0 fully saturated rings. The van der Waals surface area contributed by atoms with Crippen LogP contribution in [0.25, 0.3) is 10.9 Å². The first-order valence-electron chi connectivity index (χ1n) is 6.62. The van der Waals surface area contributed by atoms with Crippen LogP contribution < -0.4 is 5.56 Å². The van der Waals surface area contributed by atoms with Crippen LogP contribution in [0.3, 0.4) is 0 Å². The van der Waals surface area contributed by atoms with Crippen molar-refractivity contribution >= 4 is 10.9 Å². The van der Waals surface area contributed by atoms with Crippen LogP contribution in [0, 0.1) is 0 Å². The van der Waals surface area contributed by atoms with E-state index in [2.05, 4.69) is 4.57 Å². The summed E-state index contributed by atoms with van der Waals surface area (Å²) in [6, 6.07) is 13.1. The minimum absolute atomic E-state index is 0.00587. The van der Waals surface area contributed by atoms with Gasteiger partial charge in [0, 0.05) is 37.1 Å². The maximum atomic E-state index is 11.7. The second-order valence-electron chi connectivity index (χ2n) is 4.75. The molecule has 3 rings (SSSR count). The van der Waals surface area contributed by atoms with Gasteiger partial charge in [-0.1, -0.05) is 24.3 Å². The first kappa shape index (κ1) is 12.7. The SMILES string of the molecule is O=c1ccccn1CCn1ccc2cccc(CO)c21. The lowest BCUT2D eigenvalue weighted by Gasteiger charge is -2.10. The molecule has 0 saturated heterocycles. The third kappa shape index (κ3) is 2.26. The molecule has 0 aliphatic rings. The van der Waals surface area contributed by atoms with Gasteiger partial charge in [0.15, 0.2) is 0 Å². The molecule has 0 radical (unpaired) electrons. The summed E-state index contributed by atoms with van der Waals surface area (Å²) in [4.78, 5) is 11.7. The average molecular weight is 268 g/mol. The molecule has 20 heavy (non-hydrogen) atoms. The molecule has 0 spiro atoms. The number of aryl methyl sites for hydroxylation is 2. The third-order valence-electron chi connectivity index (χ3n) is 3.52. The Morgan fingerprint density at radius 1 is 0.900 bits per heavy atom. The first-order valence-corrected chi connectivity index (χ1v) is 6.62. The Balaban J connectivity index is 1.92. The van der Waals surface area contributed by atoms with Crippen molar-refractivity contribution in [1.29, 1.82) is 0 Å². The van der Waals surface area contributed by atoms with Gasteiger partial charge in [-0.15, -0.1) is 0 Å². The van der Waals surface area contributed by atoms with E-state index in [-0.39, 0.29) is 12.2 Å². The Hall–Kier alpha value is -2.33. The molecule has 2 heterocycles. The molecular formula is C16H16N2O2. The number of aliphatic hydroxyl groups excluding tert-OH is 1. The summed E-state index contributed by atoms with van der Waals surface area (Å²) in [7, 11) is 0. The van der Waals surface area contributed by atoms with Crippen LogP contribution in [0.2, 0.25) is 0 Å². The number of hydrogen-bond acceptors (Lipinski definition) is 2. The summed E-state index contributed by atoms with van der Waals surface area (Å²) < 4.78 is 3.77. The van der Waals surface area contributed by atoms with E-state index >= 15 is 0 Å². The van der Waals surface area contributed by atoms with Gasteiger partial charge in [-0.3, -0.25) is 4.79 Å². The number of pyridine rings is 1.